The van der Waals surface area contributed by atoms with Gasteiger partial charge >= 0.3 is 0 Å². The van der Waals surface area contributed by atoms with Gasteiger partial charge in [-0.2, -0.15) is 4.39 Å². The maximum absolute atomic E-state index is 13.4. The van der Waals surface area contributed by atoms with Crippen molar-refractivity contribution in [2.24, 2.45) is 5.41 Å². The second kappa shape index (κ2) is 9.55. The molecule has 1 saturated carbocycles. The zero-order chi connectivity index (χ0) is 24.5. The fourth-order valence-electron chi connectivity index (χ4n) is 5.02. The Hall–Kier alpha value is -3.24. The lowest BCUT2D eigenvalue weighted by Crippen LogP contribution is -2.48. The van der Waals surface area contributed by atoms with Gasteiger partial charge < -0.3 is 9.64 Å². The Morgan fingerprint density at radius 3 is 2.47 bits per heavy atom. The van der Waals surface area contributed by atoms with Crippen molar-refractivity contribution in [3.8, 4) is 17.6 Å². The zero-order valence-electron chi connectivity index (χ0n) is 19.0. The monoisotopic (exact) mass is 482 g/mol. The minimum atomic E-state index is -0.976. The number of amides is 1. The number of benzene rings is 1. The Morgan fingerprint density at radius 1 is 1.21 bits per heavy atom. The van der Waals surface area contributed by atoms with Crippen molar-refractivity contribution in [2.75, 3.05) is 20.2 Å². The fourth-order valence-corrected chi connectivity index (χ4v) is 5.34. The Morgan fingerprint density at radius 2 is 1.88 bits per heavy atom. The van der Waals surface area contributed by atoms with Crippen LogP contribution in [0.15, 0.2) is 30.5 Å². The van der Waals surface area contributed by atoms with Crippen LogP contribution in [0.1, 0.15) is 60.0 Å². The number of piperidine rings is 1. The summed E-state index contributed by atoms with van der Waals surface area (Å²) >= 11 is 6.49. The van der Waals surface area contributed by atoms with Crippen LogP contribution >= 0.6 is 11.6 Å². The predicted octanol–water partition coefficient (Wildman–Crippen LogP) is 4.19. The number of Topliss-reactive ketones (excluding diaryl/α,β-unsaturated/α-hetero) is 2. The molecule has 1 aromatic carbocycles. The summed E-state index contributed by atoms with van der Waals surface area (Å²) in [6.45, 7) is 2.49. The molecule has 34 heavy (non-hydrogen) atoms. The molecule has 176 valence electrons. The maximum atomic E-state index is 13.4. The van der Waals surface area contributed by atoms with Gasteiger partial charge in [-0.15, -0.1) is 5.92 Å². The summed E-state index contributed by atoms with van der Waals surface area (Å²) in [6, 6.07) is 5.92. The largest absolute Gasteiger partial charge is 0.496 e. The van der Waals surface area contributed by atoms with Crippen molar-refractivity contribution in [1.82, 2.24) is 9.88 Å². The summed E-state index contributed by atoms with van der Waals surface area (Å²) in [6.07, 6.45) is 2.75. The number of pyridine rings is 1. The molecule has 6 nitrogen and oxygen atoms in total. The molecule has 1 aliphatic carbocycles. The van der Waals surface area contributed by atoms with Crippen LogP contribution < -0.4 is 4.74 Å². The minimum Gasteiger partial charge on any atom is -0.496 e. The third kappa shape index (κ3) is 4.55. The lowest BCUT2D eigenvalue weighted by molar-refractivity contribution is -0.138. The quantitative estimate of drug-likeness (QED) is 0.372. The molecular formula is C26H24ClFN2O4. The first-order chi connectivity index (χ1) is 16.3. The summed E-state index contributed by atoms with van der Waals surface area (Å²) in [4.78, 5) is 44.4. The topological polar surface area (TPSA) is 76.6 Å². The molecular weight excluding hydrogens is 459 g/mol. The number of ketones is 2. The maximum Gasteiger partial charge on any atom is 0.254 e. The summed E-state index contributed by atoms with van der Waals surface area (Å²) in [7, 11) is 1.47. The summed E-state index contributed by atoms with van der Waals surface area (Å²) in [5.41, 5.74) is 0.782. The molecule has 0 atom stereocenters. The number of aromatic nitrogens is 1. The third-order valence-corrected chi connectivity index (χ3v) is 7.01. The van der Waals surface area contributed by atoms with Crippen LogP contribution in [-0.4, -0.2) is 47.6 Å². The lowest BCUT2D eigenvalue weighted by Gasteiger charge is -2.44. The first-order valence-electron chi connectivity index (χ1n) is 11.0. The van der Waals surface area contributed by atoms with Crippen LogP contribution in [0.3, 0.4) is 0 Å². The molecule has 2 aliphatic rings. The summed E-state index contributed by atoms with van der Waals surface area (Å²) < 4.78 is 18.9. The first-order valence-corrected chi connectivity index (χ1v) is 11.4. The highest BCUT2D eigenvalue weighted by molar-refractivity contribution is 6.32. The van der Waals surface area contributed by atoms with Crippen LogP contribution in [0, 0.1) is 23.2 Å². The highest BCUT2D eigenvalue weighted by Gasteiger charge is 2.48. The van der Waals surface area contributed by atoms with E-state index >= 15 is 0 Å². The molecule has 2 aromatic rings. The van der Waals surface area contributed by atoms with Gasteiger partial charge in [0.15, 0.2) is 0 Å². The molecule has 8 heteroatoms. The van der Waals surface area contributed by atoms with Gasteiger partial charge in [0, 0.05) is 59.9 Å². The molecule has 1 aliphatic heterocycles. The zero-order valence-corrected chi connectivity index (χ0v) is 19.7. The number of carbonyl (C=O) groups excluding carboxylic acids is 3. The Balaban J connectivity index is 1.51. The van der Waals surface area contributed by atoms with Crippen LogP contribution in [-0.2, 0) is 9.59 Å². The number of carbonyl (C=O) groups is 3. The van der Waals surface area contributed by atoms with E-state index in [1.807, 2.05) is 0 Å². The van der Waals surface area contributed by atoms with E-state index in [0.29, 0.717) is 42.8 Å². The van der Waals surface area contributed by atoms with Gasteiger partial charge in [-0.25, -0.2) is 4.98 Å². The minimum absolute atomic E-state index is 0.193. The van der Waals surface area contributed by atoms with Gasteiger partial charge in [-0.05, 0) is 43.4 Å². The molecule has 4 rings (SSSR count). The molecule has 1 saturated heterocycles. The second-order valence-electron chi connectivity index (χ2n) is 8.83. The predicted molar refractivity (Wildman–Crippen MR) is 124 cm³/mol. The number of rotatable bonds is 3. The van der Waals surface area contributed by atoms with E-state index in [0.717, 1.165) is 6.07 Å². The SMILES string of the molecule is CC#Cc1cc(Cl)c(C2C(=O)CC3(CCN(C(=O)c4ccnc(F)c4)CC3)CC2=O)c(OC)c1. The molecule has 0 unspecified atom stereocenters. The Kier molecular flexibility index (Phi) is 6.72. The van der Waals surface area contributed by atoms with Gasteiger partial charge in [-0.3, -0.25) is 14.4 Å². The normalized spacial score (nSPS) is 17.9. The van der Waals surface area contributed by atoms with E-state index < -0.39 is 17.3 Å². The Bertz CT molecular complexity index is 1210. The number of halogens is 2. The standard InChI is InChI=1S/C26H24ClFN2O4/c1-3-4-16-11-18(27)23(21(12-16)34-2)24-19(31)14-26(15-20(24)32)6-9-30(10-7-26)25(33)17-5-8-29-22(28)13-17/h5,8,11-13,24H,6-7,9-10,14-15H2,1-2H3. The molecule has 0 N–H and O–H groups in total. The number of likely N-dealkylation sites (tertiary alicyclic amines) is 1. The van der Waals surface area contributed by atoms with Crippen LogP contribution in [0.5, 0.6) is 5.75 Å². The molecule has 1 aromatic heterocycles. The van der Waals surface area contributed by atoms with E-state index in [1.165, 1.54) is 19.4 Å². The smallest absolute Gasteiger partial charge is 0.254 e. The van der Waals surface area contributed by atoms with Gasteiger partial charge in [0.1, 0.15) is 23.2 Å². The molecule has 1 amide bonds. The van der Waals surface area contributed by atoms with Crippen molar-refractivity contribution in [3.63, 3.8) is 0 Å². The summed E-state index contributed by atoms with van der Waals surface area (Å²) in [5.74, 6) is 3.72. The number of hydrogen-bond donors (Lipinski definition) is 0. The van der Waals surface area contributed by atoms with Gasteiger partial charge in [0.25, 0.3) is 5.91 Å². The van der Waals surface area contributed by atoms with Crippen LogP contribution in [0.25, 0.3) is 0 Å². The van der Waals surface area contributed by atoms with Crippen LogP contribution in [0.4, 0.5) is 4.39 Å². The van der Waals surface area contributed by atoms with E-state index in [4.69, 9.17) is 16.3 Å². The number of ether oxygens (including phenoxy) is 1. The highest BCUT2D eigenvalue weighted by Crippen LogP contribution is 2.48. The van der Waals surface area contributed by atoms with Crippen molar-refractivity contribution < 1.29 is 23.5 Å². The molecule has 1 spiro atoms. The van der Waals surface area contributed by atoms with Gasteiger partial charge in [-0.1, -0.05) is 17.5 Å². The van der Waals surface area contributed by atoms with Crippen molar-refractivity contribution in [2.45, 2.75) is 38.5 Å². The average Bonchev–Trinajstić information content (AvgIpc) is 2.80. The molecule has 0 bridgehead atoms. The third-order valence-electron chi connectivity index (χ3n) is 6.70. The van der Waals surface area contributed by atoms with E-state index in [9.17, 15) is 18.8 Å². The van der Waals surface area contributed by atoms with Crippen molar-refractivity contribution >= 4 is 29.1 Å². The molecule has 2 heterocycles. The van der Waals surface area contributed by atoms with E-state index in [2.05, 4.69) is 16.8 Å². The molecule has 2 fully saturated rings. The summed E-state index contributed by atoms with van der Waals surface area (Å²) in [5, 5.41) is 0.282. The average molecular weight is 483 g/mol. The van der Waals surface area contributed by atoms with E-state index in [1.54, 1.807) is 24.0 Å². The highest BCUT2D eigenvalue weighted by atomic mass is 35.5. The first kappa shape index (κ1) is 23.9. The van der Waals surface area contributed by atoms with Crippen molar-refractivity contribution in [1.29, 1.82) is 0 Å². The molecule has 0 radical (unpaired) electrons. The van der Waals surface area contributed by atoms with Crippen LogP contribution in [0.2, 0.25) is 5.02 Å². The van der Waals surface area contributed by atoms with Crippen molar-refractivity contribution in [3.05, 3.63) is 58.1 Å². The number of methoxy groups -OCH3 is 1. The Labute approximate surface area is 202 Å². The van der Waals surface area contributed by atoms with E-state index in [-0.39, 0.29) is 40.9 Å². The van der Waals surface area contributed by atoms with Gasteiger partial charge in [0.2, 0.25) is 5.95 Å². The lowest BCUT2D eigenvalue weighted by atomic mass is 9.63. The second-order valence-corrected chi connectivity index (χ2v) is 9.23. The van der Waals surface area contributed by atoms with Gasteiger partial charge in [0.05, 0.1) is 7.11 Å². The number of nitrogens with zero attached hydrogens (tertiary/aromatic N) is 2. The fraction of sp³-hybridized carbons (Fsp3) is 0.385. The number of hydrogen-bond acceptors (Lipinski definition) is 5.